The van der Waals surface area contributed by atoms with Gasteiger partial charge >= 0.3 is 5.97 Å². The van der Waals surface area contributed by atoms with Gasteiger partial charge in [0, 0.05) is 18.5 Å². The van der Waals surface area contributed by atoms with Gasteiger partial charge in [-0.25, -0.2) is 0 Å². The van der Waals surface area contributed by atoms with Gasteiger partial charge in [0.15, 0.2) is 0 Å². The van der Waals surface area contributed by atoms with Crippen molar-refractivity contribution in [3.05, 3.63) is 22.4 Å². The zero-order valence-corrected chi connectivity index (χ0v) is 13.6. The lowest BCUT2D eigenvalue weighted by Crippen LogP contribution is -2.45. The van der Waals surface area contributed by atoms with E-state index in [4.69, 9.17) is 9.47 Å². The zero-order valence-electron chi connectivity index (χ0n) is 12.7. The van der Waals surface area contributed by atoms with Crippen molar-refractivity contribution in [3.63, 3.8) is 0 Å². The quantitative estimate of drug-likeness (QED) is 0.797. The van der Waals surface area contributed by atoms with E-state index in [9.17, 15) is 9.59 Å². The minimum atomic E-state index is -0.128. The molecule has 1 aromatic rings. The highest BCUT2D eigenvalue weighted by molar-refractivity contribution is 7.12. The largest absolute Gasteiger partial charge is 0.465 e. The molecule has 0 atom stereocenters. The van der Waals surface area contributed by atoms with E-state index < -0.39 is 0 Å². The van der Waals surface area contributed by atoms with Crippen LogP contribution in [0.4, 0.5) is 0 Å². The molecule has 0 saturated carbocycles. The summed E-state index contributed by atoms with van der Waals surface area (Å²) in [5, 5.41) is 1.90. The molecule has 1 aromatic heterocycles. The minimum absolute atomic E-state index is 0.00843. The molecule has 0 radical (unpaired) electrons. The molecule has 2 fully saturated rings. The lowest BCUT2D eigenvalue weighted by atomic mass is 9.90. The maximum absolute atomic E-state index is 12.2. The molecule has 2 aliphatic heterocycles. The Balaban J connectivity index is 1.45. The first-order valence-corrected chi connectivity index (χ1v) is 8.53. The maximum atomic E-state index is 12.2. The Morgan fingerprint density at radius 2 is 2.14 bits per heavy atom. The van der Waals surface area contributed by atoms with E-state index in [0.717, 1.165) is 4.88 Å². The molecule has 22 heavy (non-hydrogen) atoms. The summed E-state index contributed by atoms with van der Waals surface area (Å²) in [4.78, 5) is 27.0. The molecule has 6 heteroatoms. The number of nitrogens with zero attached hydrogens (tertiary/aromatic N) is 1. The van der Waals surface area contributed by atoms with Crippen molar-refractivity contribution in [2.45, 2.75) is 19.8 Å². The van der Waals surface area contributed by atoms with Crippen molar-refractivity contribution < 1.29 is 19.1 Å². The second kappa shape index (κ2) is 6.38. The Bertz CT molecular complexity index is 530. The SMILES string of the molecule is CC1(COC(=O)C2CCN(C(=O)c3cccs3)CC2)COC1. The van der Waals surface area contributed by atoms with Gasteiger partial charge < -0.3 is 14.4 Å². The minimum Gasteiger partial charge on any atom is -0.465 e. The van der Waals surface area contributed by atoms with E-state index in [1.165, 1.54) is 11.3 Å². The molecule has 0 aliphatic carbocycles. The first-order chi connectivity index (χ1) is 10.6. The van der Waals surface area contributed by atoms with Gasteiger partial charge in [-0.05, 0) is 24.3 Å². The Morgan fingerprint density at radius 1 is 1.41 bits per heavy atom. The predicted molar refractivity (Wildman–Crippen MR) is 82.8 cm³/mol. The van der Waals surface area contributed by atoms with E-state index in [1.807, 2.05) is 22.4 Å². The predicted octanol–water partition coefficient (Wildman–Crippen LogP) is 2.18. The Morgan fingerprint density at radius 3 is 2.68 bits per heavy atom. The summed E-state index contributed by atoms with van der Waals surface area (Å²) in [6, 6.07) is 3.72. The number of ether oxygens (including phenoxy) is 2. The number of likely N-dealkylation sites (tertiary alicyclic amines) is 1. The number of rotatable bonds is 4. The maximum Gasteiger partial charge on any atom is 0.309 e. The number of carbonyl (C=O) groups is 2. The van der Waals surface area contributed by atoms with Gasteiger partial charge in [-0.15, -0.1) is 11.3 Å². The molecule has 120 valence electrons. The van der Waals surface area contributed by atoms with E-state index in [1.54, 1.807) is 0 Å². The fourth-order valence-electron chi connectivity index (χ4n) is 2.77. The Hall–Kier alpha value is -1.40. The van der Waals surface area contributed by atoms with Gasteiger partial charge in [0.1, 0.15) is 6.61 Å². The normalized spacial score (nSPS) is 21.2. The highest BCUT2D eigenvalue weighted by atomic mass is 32.1. The standard InChI is InChI=1S/C16H21NO4S/c1-16(9-20-10-16)11-21-15(19)12-4-6-17(7-5-12)14(18)13-3-2-8-22-13/h2-3,8,12H,4-7,9-11H2,1H3. The molecule has 3 heterocycles. The third-order valence-corrected chi connectivity index (χ3v) is 5.17. The molecule has 1 amide bonds. The van der Waals surface area contributed by atoms with Crippen molar-refractivity contribution in [1.82, 2.24) is 4.90 Å². The van der Waals surface area contributed by atoms with Crippen LogP contribution in [0.3, 0.4) is 0 Å². The number of piperidine rings is 1. The average molecular weight is 323 g/mol. The number of amides is 1. The van der Waals surface area contributed by atoms with Crippen LogP contribution in [0.2, 0.25) is 0 Å². The van der Waals surface area contributed by atoms with E-state index in [-0.39, 0.29) is 23.2 Å². The van der Waals surface area contributed by atoms with Crippen molar-refractivity contribution in [2.75, 3.05) is 32.9 Å². The molecule has 2 saturated heterocycles. The van der Waals surface area contributed by atoms with Crippen LogP contribution in [0.15, 0.2) is 17.5 Å². The summed E-state index contributed by atoms with van der Waals surface area (Å²) in [6.07, 6.45) is 1.37. The zero-order chi connectivity index (χ0) is 15.6. The first-order valence-electron chi connectivity index (χ1n) is 7.65. The van der Waals surface area contributed by atoms with E-state index in [2.05, 4.69) is 6.92 Å². The monoisotopic (exact) mass is 323 g/mol. The smallest absolute Gasteiger partial charge is 0.309 e. The number of hydrogen-bond donors (Lipinski definition) is 0. The molecular formula is C16H21NO4S. The van der Waals surface area contributed by atoms with Crippen molar-refractivity contribution in [2.24, 2.45) is 11.3 Å². The number of hydrogen-bond acceptors (Lipinski definition) is 5. The molecular weight excluding hydrogens is 302 g/mol. The van der Waals surface area contributed by atoms with Crippen LogP contribution in [-0.2, 0) is 14.3 Å². The summed E-state index contributed by atoms with van der Waals surface area (Å²) < 4.78 is 10.6. The number of carbonyl (C=O) groups excluding carboxylic acids is 2. The fourth-order valence-corrected chi connectivity index (χ4v) is 3.46. The lowest BCUT2D eigenvalue weighted by molar-refractivity contribution is -0.170. The summed E-state index contributed by atoms with van der Waals surface area (Å²) in [7, 11) is 0. The highest BCUT2D eigenvalue weighted by Gasteiger charge is 2.36. The first kappa shape index (κ1) is 15.5. The molecule has 0 N–H and O–H groups in total. The average Bonchev–Trinajstić information content (AvgIpc) is 3.04. The van der Waals surface area contributed by atoms with Crippen molar-refractivity contribution in [1.29, 1.82) is 0 Å². The van der Waals surface area contributed by atoms with Crippen LogP contribution in [0.5, 0.6) is 0 Å². The number of thiophene rings is 1. The van der Waals surface area contributed by atoms with Crippen LogP contribution in [0.25, 0.3) is 0 Å². The van der Waals surface area contributed by atoms with Crippen LogP contribution in [0, 0.1) is 11.3 Å². The fraction of sp³-hybridized carbons (Fsp3) is 0.625. The van der Waals surface area contributed by atoms with Gasteiger partial charge in [-0.2, -0.15) is 0 Å². The van der Waals surface area contributed by atoms with Crippen LogP contribution < -0.4 is 0 Å². The third-order valence-electron chi connectivity index (χ3n) is 4.31. The van der Waals surface area contributed by atoms with Crippen LogP contribution >= 0.6 is 11.3 Å². The summed E-state index contributed by atoms with van der Waals surface area (Å²) in [5.74, 6) is -0.144. The Kier molecular flexibility index (Phi) is 4.49. The van der Waals surface area contributed by atoms with Gasteiger partial charge in [-0.1, -0.05) is 13.0 Å². The van der Waals surface area contributed by atoms with E-state index in [0.29, 0.717) is 45.8 Å². The second-order valence-corrected chi connectivity index (χ2v) is 7.40. The van der Waals surface area contributed by atoms with Gasteiger partial charge in [-0.3, -0.25) is 9.59 Å². The highest BCUT2D eigenvalue weighted by Crippen LogP contribution is 2.28. The lowest BCUT2D eigenvalue weighted by Gasteiger charge is -2.38. The molecule has 3 rings (SSSR count). The summed E-state index contributed by atoms with van der Waals surface area (Å²) in [6.45, 7) is 5.06. The molecule has 0 unspecified atom stereocenters. The summed E-state index contributed by atoms with van der Waals surface area (Å²) >= 11 is 1.46. The Labute approximate surface area is 134 Å². The second-order valence-electron chi connectivity index (χ2n) is 6.45. The van der Waals surface area contributed by atoms with Crippen LogP contribution in [-0.4, -0.2) is 49.7 Å². The van der Waals surface area contributed by atoms with Crippen molar-refractivity contribution in [3.8, 4) is 0 Å². The van der Waals surface area contributed by atoms with Crippen LogP contribution in [0.1, 0.15) is 29.4 Å². The number of esters is 1. The molecule has 5 nitrogen and oxygen atoms in total. The van der Waals surface area contributed by atoms with Gasteiger partial charge in [0.25, 0.3) is 5.91 Å². The third kappa shape index (κ3) is 3.33. The molecule has 0 aromatic carbocycles. The summed E-state index contributed by atoms with van der Waals surface area (Å²) in [5.41, 5.74) is -0.00843. The van der Waals surface area contributed by atoms with Crippen molar-refractivity contribution >= 4 is 23.2 Å². The molecule has 2 aliphatic rings. The molecule has 0 spiro atoms. The van der Waals surface area contributed by atoms with Gasteiger partial charge in [0.05, 0.1) is 24.0 Å². The topological polar surface area (TPSA) is 55.8 Å². The molecule has 0 bridgehead atoms. The van der Waals surface area contributed by atoms with E-state index >= 15 is 0 Å². The van der Waals surface area contributed by atoms with Gasteiger partial charge in [0.2, 0.25) is 0 Å².